The van der Waals surface area contributed by atoms with Crippen molar-refractivity contribution in [3.05, 3.63) is 65.2 Å². The van der Waals surface area contributed by atoms with E-state index < -0.39 is 0 Å². The number of methoxy groups -OCH3 is 1. The fraction of sp³-hybridized carbons (Fsp3) is 0.200. The van der Waals surface area contributed by atoms with Crippen molar-refractivity contribution < 1.29 is 19.4 Å². The van der Waals surface area contributed by atoms with Crippen molar-refractivity contribution >= 4 is 17.8 Å². The third-order valence-electron chi connectivity index (χ3n) is 3.61. The number of benzene rings is 2. The van der Waals surface area contributed by atoms with E-state index in [0.29, 0.717) is 17.9 Å². The first kappa shape index (κ1) is 18.3. The number of nitrogens with one attached hydrogen (secondary N) is 1. The Morgan fingerprint density at radius 2 is 1.88 bits per heavy atom. The minimum absolute atomic E-state index is 0.114. The van der Waals surface area contributed by atoms with Gasteiger partial charge in [-0.15, -0.1) is 0 Å². The summed E-state index contributed by atoms with van der Waals surface area (Å²) in [4.78, 5) is 24.0. The first-order valence-corrected chi connectivity index (χ1v) is 8.02. The van der Waals surface area contributed by atoms with Crippen LogP contribution in [0, 0.1) is 0 Å². The molecule has 2 N–H and O–H groups in total. The van der Waals surface area contributed by atoms with Crippen LogP contribution in [0.4, 0.5) is 0 Å². The summed E-state index contributed by atoms with van der Waals surface area (Å²) in [7, 11) is 1.49. The molecule has 5 heteroatoms. The highest BCUT2D eigenvalue weighted by Crippen LogP contribution is 2.24. The highest BCUT2D eigenvalue weighted by atomic mass is 16.5. The van der Waals surface area contributed by atoms with Crippen molar-refractivity contribution in [1.82, 2.24) is 5.32 Å². The van der Waals surface area contributed by atoms with Gasteiger partial charge in [0.15, 0.2) is 5.78 Å². The van der Waals surface area contributed by atoms with Gasteiger partial charge in [-0.2, -0.15) is 0 Å². The van der Waals surface area contributed by atoms with Crippen molar-refractivity contribution in [2.75, 3.05) is 13.7 Å². The lowest BCUT2D eigenvalue weighted by Crippen LogP contribution is -2.23. The molecule has 0 bridgehead atoms. The molecule has 0 aliphatic heterocycles. The normalized spacial score (nSPS) is 10.6. The Hall–Kier alpha value is -3.08. The van der Waals surface area contributed by atoms with E-state index in [4.69, 9.17) is 4.74 Å². The lowest BCUT2D eigenvalue weighted by molar-refractivity contribution is 0.0953. The zero-order chi connectivity index (χ0) is 18.2. The molecule has 5 nitrogen and oxygen atoms in total. The molecule has 0 saturated heterocycles. The van der Waals surface area contributed by atoms with E-state index >= 15 is 0 Å². The molecular weight excluding hydrogens is 318 g/mol. The van der Waals surface area contributed by atoms with Gasteiger partial charge in [0.1, 0.15) is 11.5 Å². The zero-order valence-electron chi connectivity index (χ0n) is 14.3. The molecule has 2 aromatic rings. The van der Waals surface area contributed by atoms with Crippen LogP contribution >= 0.6 is 0 Å². The minimum Gasteiger partial charge on any atom is -0.507 e. The van der Waals surface area contributed by atoms with E-state index in [-0.39, 0.29) is 23.0 Å². The summed E-state index contributed by atoms with van der Waals surface area (Å²) >= 11 is 0. The highest BCUT2D eigenvalue weighted by Gasteiger charge is 2.09. The molecule has 2 rings (SSSR count). The second kappa shape index (κ2) is 8.68. The van der Waals surface area contributed by atoms with Gasteiger partial charge < -0.3 is 15.2 Å². The summed E-state index contributed by atoms with van der Waals surface area (Å²) in [6, 6.07) is 11.5. The number of carbonyl (C=O) groups excluding carboxylic acids is 2. The summed E-state index contributed by atoms with van der Waals surface area (Å²) in [5, 5.41) is 12.7. The Morgan fingerprint density at radius 3 is 2.48 bits per heavy atom. The molecule has 0 spiro atoms. The van der Waals surface area contributed by atoms with E-state index in [1.54, 1.807) is 36.4 Å². The molecule has 25 heavy (non-hydrogen) atoms. The van der Waals surface area contributed by atoms with Gasteiger partial charge in [-0.25, -0.2) is 0 Å². The lowest BCUT2D eigenvalue weighted by atomic mass is 10.1. The van der Waals surface area contributed by atoms with E-state index in [9.17, 15) is 14.7 Å². The van der Waals surface area contributed by atoms with Gasteiger partial charge in [-0.1, -0.05) is 25.1 Å². The molecule has 0 radical (unpaired) electrons. The molecule has 0 fully saturated rings. The highest BCUT2D eigenvalue weighted by molar-refractivity contribution is 6.08. The summed E-state index contributed by atoms with van der Waals surface area (Å²) in [6.07, 6.45) is 3.90. The topological polar surface area (TPSA) is 75.6 Å². The molecule has 2 aromatic carbocycles. The summed E-state index contributed by atoms with van der Waals surface area (Å²) in [5.41, 5.74) is 1.56. The minimum atomic E-state index is -0.315. The number of aromatic hydroxyl groups is 1. The number of hydrogen-bond acceptors (Lipinski definition) is 4. The van der Waals surface area contributed by atoms with Crippen molar-refractivity contribution in [1.29, 1.82) is 0 Å². The number of phenolic OH excluding ortho intramolecular Hbond substituents is 1. The van der Waals surface area contributed by atoms with Crippen LogP contribution in [0.1, 0.15) is 39.6 Å². The fourth-order valence-corrected chi connectivity index (χ4v) is 2.19. The first-order chi connectivity index (χ1) is 12.0. The predicted octanol–water partition coefficient (Wildman–Crippen LogP) is 3.44. The summed E-state index contributed by atoms with van der Waals surface area (Å²) in [5.74, 6) is -0.0755. The summed E-state index contributed by atoms with van der Waals surface area (Å²) in [6.45, 7) is 2.63. The van der Waals surface area contributed by atoms with E-state index in [1.807, 2.05) is 6.92 Å². The van der Waals surface area contributed by atoms with Crippen molar-refractivity contribution in [3.8, 4) is 11.5 Å². The maximum absolute atomic E-state index is 12.2. The maximum atomic E-state index is 12.2. The van der Waals surface area contributed by atoms with Crippen molar-refractivity contribution in [2.45, 2.75) is 13.3 Å². The molecule has 1 amide bonds. The van der Waals surface area contributed by atoms with Gasteiger partial charge in [0.25, 0.3) is 5.91 Å². The molecule has 0 heterocycles. The average Bonchev–Trinajstić information content (AvgIpc) is 2.64. The van der Waals surface area contributed by atoms with Gasteiger partial charge >= 0.3 is 0 Å². The van der Waals surface area contributed by atoms with Crippen molar-refractivity contribution in [3.63, 3.8) is 0 Å². The molecule has 130 valence electrons. The molecule has 0 unspecified atom stereocenters. The van der Waals surface area contributed by atoms with Crippen molar-refractivity contribution in [2.24, 2.45) is 0 Å². The van der Waals surface area contributed by atoms with Crippen LogP contribution in [0.2, 0.25) is 0 Å². The number of carbonyl (C=O) groups is 2. The fourth-order valence-electron chi connectivity index (χ4n) is 2.19. The third-order valence-corrected chi connectivity index (χ3v) is 3.61. The Morgan fingerprint density at radius 1 is 1.16 bits per heavy atom. The van der Waals surface area contributed by atoms with Gasteiger partial charge in [-0.05, 0) is 42.3 Å². The molecule has 0 aliphatic rings. The Balaban J connectivity index is 2.06. The number of ether oxygens (including phenoxy) is 1. The number of phenols is 1. The van der Waals surface area contributed by atoms with Gasteiger partial charge in [0, 0.05) is 18.2 Å². The maximum Gasteiger partial charge on any atom is 0.251 e. The van der Waals surface area contributed by atoms with Gasteiger partial charge in [-0.3, -0.25) is 9.59 Å². The Kier molecular flexibility index (Phi) is 6.34. The molecule has 0 saturated carbocycles. The predicted molar refractivity (Wildman–Crippen MR) is 97.1 cm³/mol. The monoisotopic (exact) mass is 339 g/mol. The van der Waals surface area contributed by atoms with Crippen LogP contribution in [0.5, 0.6) is 11.5 Å². The smallest absolute Gasteiger partial charge is 0.251 e. The average molecular weight is 339 g/mol. The van der Waals surface area contributed by atoms with Crippen LogP contribution in [-0.4, -0.2) is 30.5 Å². The number of amides is 1. The lowest BCUT2D eigenvalue weighted by Gasteiger charge is -2.04. The standard InChI is InChI=1S/C20H21NO4/c1-3-12-21-20(24)15-7-4-14(5-8-15)6-11-18(22)17-10-9-16(25-2)13-19(17)23/h4-11,13,23H,3,12H2,1-2H3,(H,21,24)/b11-6+. The van der Waals surface area contributed by atoms with Crippen LogP contribution in [0.3, 0.4) is 0 Å². The largest absolute Gasteiger partial charge is 0.507 e. The second-order valence-electron chi connectivity index (χ2n) is 5.46. The molecule has 0 atom stereocenters. The molecular formula is C20H21NO4. The van der Waals surface area contributed by atoms with Crippen LogP contribution in [-0.2, 0) is 0 Å². The van der Waals surface area contributed by atoms with E-state index in [1.165, 1.54) is 25.3 Å². The van der Waals surface area contributed by atoms with E-state index in [0.717, 1.165) is 12.0 Å². The summed E-state index contributed by atoms with van der Waals surface area (Å²) < 4.78 is 4.99. The number of ketones is 1. The number of rotatable bonds is 7. The number of hydrogen-bond donors (Lipinski definition) is 2. The van der Waals surface area contributed by atoms with Gasteiger partial charge in [0.2, 0.25) is 0 Å². The quantitative estimate of drug-likeness (QED) is 0.598. The second-order valence-corrected chi connectivity index (χ2v) is 5.46. The zero-order valence-corrected chi connectivity index (χ0v) is 14.3. The number of allylic oxidation sites excluding steroid dienone is 1. The Labute approximate surface area is 146 Å². The Bertz CT molecular complexity index is 779. The first-order valence-electron chi connectivity index (χ1n) is 8.02. The molecule has 0 aliphatic carbocycles. The van der Waals surface area contributed by atoms with Crippen LogP contribution < -0.4 is 10.1 Å². The van der Waals surface area contributed by atoms with E-state index in [2.05, 4.69) is 5.32 Å². The van der Waals surface area contributed by atoms with Gasteiger partial charge in [0.05, 0.1) is 12.7 Å². The SMILES string of the molecule is CCCNC(=O)c1ccc(/C=C/C(=O)c2ccc(OC)cc2O)cc1. The van der Waals surface area contributed by atoms with Crippen LogP contribution in [0.15, 0.2) is 48.5 Å². The third kappa shape index (κ3) is 4.94. The molecule has 0 aromatic heterocycles. The van der Waals surface area contributed by atoms with Crippen LogP contribution in [0.25, 0.3) is 6.08 Å².